The van der Waals surface area contributed by atoms with Gasteiger partial charge in [-0.2, -0.15) is 0 Å². The van der Waals surface area contributed by atoms with Gasteiger partial charge in [-0.25, -0.2) is 15.0 Å². The largest absolute Gasteiger partial charge is 0.321 e. The van der Waals surface area contributed by atoms with E-state index in [4.69, 9.17) is 0 Å². The zero-order valence-corrected chi connectivity index (χ0v) is 11.2. The highest BCUT2D eigenvalue weighted by Crippen LogP contribution is 2.22. The van der Waals surface area contributed by atoms with Crippen molar-refractivity contribution >= 4 is 28.0 Å². The summed E-state index contributed by atoms with van der Waals surface area (Å²) in [7, 11) is 0. The normalized spacial score (nSPS) is 11.1. The van der Waals surface area contributed by atoms with E-state index in [0.717, 1.165) is 16.6 Å². The number of H-pyrrole nitrogens is 1. The number of rotatable bonds is 2. The molecule has 0 atom stereocenters. The summed E-state index contributed by atoms with van der Waals surface area (Å²) in [4.78, 5) is 26.7. The molecule has 7 heteroatoms. The molecule has 0 aliphatic heterocycles. The van der Waals surface area contributed by atoms with Gasteiger partial charge in [-0.1, -0.05) is 12.1 Å². The van der Waals surface area contributed by atoms with E-state index >= 15 is 0 Å². The van der Waals surface area contributed by atoms with Gasteiger partial charge >= 0.3 is 0 Å². The molecule has 0 unspecified atom stereocenters. The van der Waals surface area contributed by atoms with Crippen molar-refractivity contribution in [3.8, 4) is 11.4 Å². The minimum atomic E-state index is -0.432. The molecule has 2 heterocycles. The van der Waals surface area contributed by atoms with Gasteiger partial charge in [0, 0.05) is 17.7 Å². The van der Waals surface area contributed by atoms with Crippen LogP contribution in [0.4, 0.5) is 5.69 Å². The summed E-state index contributed by atoms with van der Waals surface area (Å²) >= 11 is 0. The van der Waals surface area contributed by atoms with E-state index in [1.54, 1.807) is 12.1 Å². The van der Waals surface area contributed by atoms with Crippen molar-refractivity contribution < 1.29 is 4.92 Å². The fourth-order valence-electron chi connectivity index (χ4n) is 2.28. The molecule has 0 radical (unpaired) electrons. The number of aromatic amines is 1. The lowest BCUT2D eigenvalue weighted by atomic mass is 10.2. The summed E-state index contributed by atoms with van der Waals surface area (Å²) in [5.41, 5.74) is 3.46. The number of hydrogen-bond donors (Lipinski definition) is 1. The molecule has 22 heavy (non-hydrogen) atoms. The van der Waals surface area contributed by atoms with Gasteiger partial charge in [0.1, 0.15) is 5.82 Å². The molecule has 106 valence electrons. The maximum Gasteiger partial charge on any atom is 0.269 e. The molecular weight excluding hydrogens is 282 g/mol. The fraction of sp³-hybridized carbons (Fsp3) is 0. The van der Waals surface area contributed by atoms with Gasteiger partial charge in [0.2, 0.25) is 0 Å². The molecule has 0 saturated heterocycles. The fourth-order valence-corrected chi connectivity index (χ4v) is 2.28. The van der Waals surface area contributed by atoms with Crippen LogP contribution in [-0.2, 0) is 0 Å². The molecule has 2 aromatic heterocycles. The Morgan fingerprint density at radius 2 is 1.59 bits per heavy atom. The summed E-state index contributed by atoms with van der Waals surface area (Å²) < 4.78 is 0. The average molecular weight is 291 g/mol. The van der Waals surface area contributed by atoms with Crippen LogP contribution in [0.25, 0.3) is 33.7 Å². The maximum atomic E-state index is 10.7. The Hall–Kier alpha value is -3.35. The third-order valence-corrected chi connectivity index (χ3v) is 3.36. The number of aromatic nitrogens is 4. The Labute approximate surface area is 123 Å². The van der Waals surface area contributed by atoms with Crippen LogP contribution in [0.2, 0.25) is 0 Å². The summed E-state index contributed by atoms with van der Waals surface area (Å²) in [6.45, 7) is 0. The third kappa shape index (κ3) is 1.96. The van der Waals surface area contributed by atoms with E-state index in [1.807, 2.05) is 24.3 Å². The number of imidazole rings is 1. The van der Waals surface area contributed by atoms with Gasteiger partial charge in [-0.3, -0.25) is 10.1 Å². The van der Waals surface area contributed by atoms with Crippen molar-refractivity contribution in [2.75, 3.05) is 0 Å². The van der Waals surface area contributed by atoms with Crippen LogP contribution in [0.1, 0.15) is 0 Å². The number of non-ortho nitro benzene ring substituents is 1. The van der Waals surface area contributed by atoms with Crippen molar-refractivity contribution in [1.82, 2.24) is 19.9 Å². The van der Waals surface area contributed by atoms with E-state index in [0.29, 0.717) is 17.1 Å². The molecule has 0 spiro atoms. The lowest BCUT2D eigenvalue weighted by molar-refractivity contribution is -0.384. The van der Waals surface area contributed by atoms with Gasteiger partial charge in [-0.05, 0) is 24.3 Å². The highest BCUT2D eigenvalue weighted by Gasteiger charge is 2.10. The predicted octanol–water partition coefficient (Wildman–Crippen LogP) is 3.08. The van der Waals surface area contributed by atoms with Gasteiger partial charge in [0.05, 0.1) is 16.0 Å². The smallest absolute Gasteiger partial charge is 0.269 e. The molecule has 0 amide bonds. The first-order valence-corrected chi connectivity index (χ1v) is 6.58. The molecule has 0 saturated carbocycles. The molecule has 0 bridgehead atoms. The summed E-state index contributed by atoms with van der Waals surface area (Å²) in [5.74, 6) is 0.584. The number of nitrogens with zero attached hydrogens (tertiary/aromatic N) is 4. The second kappa shape index (κ2) is 4.59. The minimum absolute atomic E-state index is 0.0434. The Kier molecular flexibility index (Phi) is 2.59. The number of hydrogen-bond acceptors (Lipinski definition) is 5. The van der Waals surface area contributed by atoms with Crippen molar-refractivity contribution in [2.45, 2.75) is 0 Å². The Morgan fingerprint density at radius 1 is 0.909 bits per heavy atom. The zero-order chi connectivity index (χ0) is 15.1. The zero-order valence-electron chi connectivity index (χ0n) is 11.2. The molecule has 2 aromatic carbocycles. The van der Waals surface area contributed by atoms with Crippen LogP contribution < -0.4 is 0 Å². The van der Waals surface area contributed by atoms with Crippen LogP contribution >= 0.6 is 0 Å². The topological polar surface area (TPSA) is 97.6 Å². The van der Waals surface area contributed by atoms with Gasteiger partial charge in [-0.15, -0.1) is 0 Å². The monoisotopic (exact) mass is 291 g/mol. The second-order valence-electron chi connectivity index (χ2n) is 4.77. The van der Waals surface area contributed by atoms with Crippen LogP contribution in [-0.4, -0.2) is 24.9 Å². The minimum Gasteiger partial charge on any atom is -0.321 e. The van der Waals surface area contributed by atoms with E-state index in [1.165, 1.54) is 12.1 Å². The van der Waals surface area contributed by atoms with Crippen LogP contribution in [0.3, 0.4) is 0 Å². The van der Waals surface area contributed by atoms with Crippen LogP contribution in [0, 0.1) is 10.1 Å². The summed E-state index contributed by atoms with van der Waals surface area (Å²) in [5, 5.41) is 10.7. The molecule has 0 aliphatic rings. The Balaban J connectivity index is 1.84. The number of fused-ring (bicyclic) bond motifs is 2. The first-order chi connectivity index (χ1) is 10.7. The second-order valence-corrected chi connectivity index (χ2v) is 4.77. The molecule has 7 nitrogen and oxygen atoms in total. The van der Waals surface area contributed by atoms with Crippen LogP contribution in [0.15, 0.2) is 48.5 Å². The Bertz CT molecular complexity index is 955. The Morgan fingerprint density at radius 3 is 2.27 bits per heavy atom. The highest BCUT2D eigenvalue weighted by atomic mass is 16.6. The summed E-state index contributed by atoms with van der Waals surface area (Å²) in [6.07, 6.45) is 0. The SMILES string of the molecule is O=[N+]([O-])c1ccc(-c2nc3nc4ccccc4nc3[nH]2)cc1. The lowest BCUT2D eigenvalue weighted by Crippen LogP contribution is -1.87. The van der Waals surface area contributed by atoms with Crippen molar-refractivity contribution in [3.05, 3.63) is 58.6 Å². The van der Waals surface area contributed by atoms with Gasteiger partial charge in [0.15, 0.2) is 11.3 Å². The quantitative estimate of drug-likeness (QED) is 0.452. The van der Waals surface area contributed by atoms with E-state index in [9.17, 15) is 10.1 Å². The predicted molar refractivity (Wildman–Crippen MR) is 81.3 cm³/mol. The first kappa shape index (κ1) is 12.4. The summed E-state index contributed by atoms with van der Waals surface area (Å²) in [6, 6.07) is 13.7. The number of para-hydroxylation sites is 2. The highest BCUT2D eigenvalue weighted by molar-refractivity contribution is 5.84. The number of nitrogens with one attached hydrogen (secondary N) is 1. The van der Waals surface area contributed by atoms with E-state index in [2.05, 4.69) is 19.9 Å². The number of nitro benzene ring substituents is 1. The van der Waals surface area contributed by atoms with E-state index < -0.39 is 4.92 Å². The van der Waals surface area contributed by atoms with Gasteiger partial charge < -0.3 is 4.98 Å². The lowest BCUT2D eigenvalue weighted by Gasteiger charge is -1.95. The van der Waals surface area contributed by atoms with Crippen molar-refractivity contribution in [1.29, 1.82) is 0 Å². The molecule has 0 fully saturated rings. The number of nitro groups is 1. The van der Waals surface area contributed by atoms with Crippen molar-refractivity contribution in [3.63, 3.8) is 0 Å². The molecule has 4 rings (SSSR count). The third-order valence-electron chi connectivity index (χ3n) is 3.36. The number of benzene rings is 2. The van der Waals surface area contributed by atoms with Crippen LogP contribution in [0.5, 0.6) is 0 Å². The molecule has 0 aliphatic carbocycles. The standard InChI is InChI=1S/C15H9N5O2/c21-20(22)10-7-5-9(6-8-10)13-18-14-15(19-13)17-12-4-2-1-3-11(12)16-14/h1-8H,(H,16,17,18,19). The molecule has 4 aromatic rings. The average Bonchev–Trinajstić information content (AvgIpc) is 2.95. The molecular formula is C15H9N5O2. The maximum absolute atomic E-state index is 10.7. The van der Waals surface area contributed by atoms with E-state index in [-0.39, 0.29) is 5.69 Å². The first-order valence-electron chi connectivity index (χ1n) is 6.58. The van der Waals surface area contributed by atoms with Crippen molar-refractivity contribution in [2.24, 2.45) is 0 Å². The van der Waals surface area contributed by atoms with Gasteiger partial charge in [0.25, 0.3) is 5.69 Å². The molecule has 1 N–H and O–H groups in total.